The number of methoxy groups -OCH3 is 1. The minimum Gasteiger partial charge on any atom is -0.493 e. The Morgan fingerprint density at radius 1 is 1.16 bits per heavy atom. The number of furan rings is 1. The fraction of sp³-hybridized carbons (Fsp3) is 0.0556. The molecule has 2 N–H and O–H groups in total. The number of benzene rings is 2. The van der Waals surface area contributed by atoms with Crippen LogP contribution >= 0.6 is 0 Å². The van der Waals surface area contributed by atoms with Crippen molar-refractivity contribution < 1.29 is 22.4 Å². The number of carbonyl (C=O) groups is 1. The zero-order valence-electron chi connectivity index (χ0n) is 13.3. The van der Waals surface area contributed by atoms with Gasteiger partial charge >= 0.3 is 0 Å². The summed E-state index contributed by atoms with van der Waals surface area (Å²) < 4.78 is 33.3. The van der Waals surface area contributed by atoms with E-state index >= 15 is 0 Å². The number of ether oxygens (including phenoxy) is 1. The predicted octanol–water partition coefficient (Wildman–Crippen LogP) is 2.98. The summed E-state index contributed by atoms with van der Waals surface area (Å²) in [6, 6.07) is 12.7. The van der Waals surface area contributed by atoms with Crippen LogP contribution in [0.25, 0.3) is 17.0 Å². The second-order valence-corrected chi connectivity index (χ2v) is 6.86. The van der Waals surface area contributed by atoms with Crippen LogP contribution in [0.15, 0.2) is 63.9 Å². The highest BCUT2D eigenvalue weighted by Crippen LogP contribution is 2.28. The first-order chi connectivity index (χ1) is 11.9. The number of primary sulfonamides is 1. The fourth-order valence-electron chi connectivity index (χ4n) is 2.36. The molecule has 0 amide bonds. The van der Waals surface area contributed by atoms with E-state index in [0.29, 0.717) is 22.7 Å². The molecule has 3 aromatic rings. The van der Waals surface area contributed by atoms with Crippen molar-refractivity contribution in [3.63, 3.8) is 0 Å². The molecule has 7 heteroatoms. The van der Waals surface area contributed by atoms with Crippen LogP contribution in [0.2, 0.25) is 0 Å². The molecule has 25 heavy (non-hydrogen) atoms. The lowest BCUT2D eigenvalue weighted by atomic mass is 10.1. The number of hydrogen-bond donors (Lipinski definition) is 1. The molecule has 128 valence electrons. The predicted molar refractivity (Wildman–Crippen MR) is 93.9 cm³/mol. The quantitative estimate of drug-likeness (QED) is 0.559. The van der Waals surface area contributed by atoms with Gasteiger partial charge in [0.15, 0.2) is 17.1 Å². The van der Waals surface area contributed by atoms with Gasteiger partial charge < -0.3 is 9.15 Å². The number of nitrogens with two attached hydrogens (primary N) is 1. The summed E-state index contributed by atoms with van der Waals surface area (Å²) >= 11 is 0. The molecule has 0 atom stereocenters. The van der Waals surface area contributed by atoms with Crippen molar-refractivity contribution in [2.45, 2.75) is 4.90 Å². The molecule has 3 rings (SSSR count). The minimum absolute atomic E-state index is 0.0441. The number of ketones is 1. The van der Waals surface area contributed by atoms with Gasteiger partial charge in [-0.3, -0.25) is 4.79 Å². The summed E-state index contributed by atoms with van der Waals surface area (Å²) in [4.78, 5) is 12.1. The molecule has 6 nitrogen and oxygen atoms in total. The summed E-state index contributed by atoms with van der Waals surface area (Å²) in [5, 5.41) is 5.89. The molecule has 0 unspecified atom stereocenters. The van der Waals surface area contributed by atoms with Gasteiger partial charge in [0.2, 0.25) is 10.0 Å². The van der Waals surface area contributed by atoms with E-state index in [1.807, 2.05) is 12.1 Å². The first kappa shape index (κ1) is 16.9. The van der Waals surface area contributed by atoms with Crippen molar-refractivity contribution in [3.8, 4) is 5.75 Å². The molecule has 0 aliphatic carbocycles. The number of rotatable bonds is 5. The van der Waals surface area contributed by atoms with E-state index in [1.54, 1.807) is 25.3 Å². The summed E-state index contributed by atoms with van der Waals surface area (Å²) in [6.07, 6.45) is 2.91. The molecule has 0 fully saturated rings. The molecular weight excluding hydrogens is 342 g/mol. The zero-order valence-corrected chi connectivity index (χ0v) is 14.1. The largest absolute Gasteiger partial charge is 0.493 e. The summed E-state index contributed by atoms with van der Waals surface area (Å²) in [5.41, 5.74) is 0.951. The van der Waals surface area contributed by atoms with Crippen molar-refractivity contribution in [2.24, 2.45) is 5.14 Å². The lowest BCUT2D eigenvalue weighted by Crippen LogP contribution is -2.12. The van der Waals surface area contributed by atoms with Crippen LogP contribution in [-0.2, 0) is 10.0 Å². The molecule has 0 saturated heterocycles. The molecule has 0 spiro atoms. The smallest absolute Gasteiger partial charge is 0.238 e. The van der Waals surface area contributed by atoms with Crippen LogP contribution in [-0.4, -0.2) is 21.3 Å². The van der Waals surface area contributed by atoms with Gasteiger partial charge in [0.05, 0.1) is 12.0 Å². The van der Waals surface area contributed by atoms with Crippen molar-refractivity contribution in [1.82, 2.24) is 0 Å². The second-order valence-electron chi connectivity index (χ2n) is 5.29. The van der Waals surface area contributed by atoms with Crippen molar-refractivity contribution >= 4 is 32.9 Å². The van der Waals surface area contributed by atoms with Gasteiger partial charge in [-0.1, -0.05) is 12.1 Å². The van der Waals surface area contributed by atoms with Gasteiger partial charge in [0.1, 0.15) is 5.76 Å². The van der Waals surface area contributed by atoms with Crippen LogP contribution in [0.3, 0.4) is 0 Å². The van der Waals surface area contributed by atoms with Crippen molar-refractivity contribution in [2.75, 3.05) is 7.11 Å². The molecule has 0 aliphatic rings. The third kappa shape index (κ3) is 3.62. The van der Waals surface area contributed by atoms with Crippen LogP contribution in [0.4, 0.5) is 0 Å². The summed E-state index contributed by atoms with van der Waals surface area (Å²) in [5.74, 6) is 0.837. The van der Waals surface area contributed by atoms with Crippen LogP contribution in [0.5, 0.6) is 5.75 Å². The molecule has 2 aromatic carbocycles. The van der Waals surface area contributed by atoms with Crippen LogP contribution in [0, 0.1) is 0 Å². The average molecular weight is 357 g/mol. The highest BCUT2D eigenvalue weighted by molar-refractivity contribution is 7.89. The maximum Gasteiger partial charge on any atom is 0.238 e. The summed E-state index contributed by atoms with van der Waals surface area (Å²) in [7, 11) is -2.22. The first-order valence-electron chi connectivity index (χ1n) is 7.30. The van der Waals surface area contributed by atoms with Gasteiger partial charge in [-0.25, -0.2) is 13.6 Å². The Labute approximate surface area is 144 Å². The molecular formula is C18H15NO5S. The number of carbonyl (C=O) groups excluding carboxylic acids is 1. The van der Waals surface area contributed by atoms with E-state index < -0.39 is 10.0 Å². The maximum absolute atomic E-state index is 12.2. The molecule has 0 bridgehead atoms. The number of sulfonamides is 1. The van der Waals surface area contributed by atoms with E-state index in [2.05, 4.69) is 0 Å². The Morgan fingerprint density at radius 2 is 1.88 bits per heavy atom. The Hall–Kier alpha value is -2.90. The van der Waals surface area contributed by atoms with Gasteiger partial charge in [-0.15, -0.1) is 0 Å². The molecule has 0 aliphatic heterocycles. The van der Waals surface area contributed by atoms with E-state index in [4.69, 9.17) is 14.3 Å². The van der Waals surface area contributed by atoms with Crippen LogP contribution < -0.4 is 9.88 Å². The Kier molecular flexibility index (Phi) is 4.43. The lowest BCUT2D eigenvalue weighted by molar-refractivity contribution is 0.104. The minimum atomic E-state index is -3.78. The van der Waals surface area contributed by atoms with Crippen molar-refractivity contribution in [1.29, 1.82) is 0 Å². The van der Waals surface area contributed by atoms with E-state index in [9.17, 15) is 13.2 Å². The monoisotopic (exact) mass is 357 g/mol. The molecule has 0 saturated carbocycles. The van der Waals surface area contributed by atoms with Gasteiger partial charge in [-0.2, -0.15) is 0 Å². The normalized spacial score (nSPS) is 11.9. The summed E-state index contributed by atoms with van der Waals surface area (Å²) in [6.45, 7) is 0. The van der Waals surface area contributed by atoms with E-state index in [0.717, 1.165) is 5.39 Å². The number of hydrogen-bond acceptors (Lipinski definition) is 5. The second kappa shape index (κ2) is 6.54. The van der Waals surface area contributed by atoms with Gasteiger partial charge in [-0.05, 0) is 48.6 Å². The standard InChI is InChI=1S/C18H15NO5S/c1-23-17-4-2-3-13-11-14(24-18(13)17)7-10-16(20)12-5-8-15(9-6-12)25(19,21)22/h2-11H,1H3,(H2,19,21,22)/b10-7+. The zero-order chi connectivity index (χ0) is 18.0. The Bertz CT molecular complexity index is 1060. The fourth-order valence-corrected chi connectivity index (χ4v) is 2.88. The topological polar surface area (TPSA) is 99.6 Å². The number of para-hydroxylation sites is 1. The molecule has 1 aromatic heterocycles. The van der Waals surface area contributed by atoms with Crippen LogP contribution in [0.1, 0.15) is 16.1 Å². The third-order valence-corrected chi connectivity index (χ3v) is 4.54. The van der Waals surface area contributed by atoms with Crippen molar-refractivity contribution in [3.05, 3.63) is 65.9 Å². The third-order valence-electron chi connectivity index (χ3n) is 3.61. The number of allylic oxidation sites excluding steroid dienone is 1. The van der Waals surface area contributed by atoms with E-state index in [1.165, 1.54) is 30.3 Å². The molecule has 0 radical (unpaired) electrons. The highest BCUT2D eigenvalue weighted by atomic mass is 32.2. The van der Waals surface area contributed by atoms with Gasteiger partial charge in [0.25, 0.3) is 0 Å². The Balaban J connectivity index is 1.83. The first-order valence-corrected chi connectivity index (χ1v) is 8.85. The molecule has 1 heterocycles. The number of fused-ring (bicyclic) bond motifs is 1. The lowest BCUT2D eigenvalue weighted by Gasteiger charge is -1.99. The average Bonchev–Trinajstić information content (AvgIpc) is 3.02. The maximum atomic E-state index is 12.2. The van der Waals surface area contributed by atoms with Gasteiger partial charge in [0, 0.05) is 10.9 Å². The highest BCUT2D eigenvalue weighted by Gasteiger charge is 2.10. The SMILES string of the molecule is COc1cccc2cc(/C=C/C(=O)c3ccc(S(N)(=O)=O)cc3)oc12. The van der Waals surface area contributed by atoms with E-state index in [-0.39, 0.29) is 10.7 Å². The Morgan fingerprint density at radius 3 is 2.52 bits per heavy atom.